The number of benzene rings is 2. The molecule has 0 aromatic heterocycles. The van der Waals surface area contributed by atoms with E-state index in [1.165, 1.54) is 0 Å². The van der Waals surface area contributed by atoms with Crippen molar-refractivity contribution in [1.82, 2.24) is 14.7 Å². The summed E-state index contributed by atoms with van der Waals surface area (Å²) in [6.07, 6.45) is 1.62. The van der Waals surface area contributed by atoms with Crippen molar-refractivity contribution in [2.24, 2.45) is 15.6 Å². The number of phenols is 1. The highest BCUT2D eigenvalue weighted by Crippen LogP contribution is 2.38. The lowest BCUT2D eigenvalue weighted by atomic mass is 9.74. The second-order valence-electron chi connectivity index (χ2n) is 8.08. The van der Waals surface area contributed by atoms with Crippen molar-refractivity contribution in [3.05, 3.63) is 62.5 Å². The van der Waals surface area contributed by atoms with Gasteiger partial charge < -0.3 is 5.11 Å². The van der Waals surface area contributed by atoms with Crippen LogP contribution in [0, 0.1) is 5.41 Å². The third-order valence-electron chi connectivity index (χ3n) is 5.74. The Morgan fingerprint density at radius 1 is 0.966 bits per heavy atom. The highest BCUT2D eigenvalue weighted by atomic mass is 79.9. The van der Waals surface area contributed by atoms with Gasteiger partial charge in [-0.15, -0.1) is 0 Å². The molecule has 0 aliphatic carbocycles. The van der Waals surface area contributed by atoms with Gasteiger partial charge in [-0.2, -0.15) is 10.2 Å². The zero-order valence-electron chi connectivity index (χ0n) is 15.8. The first-order chi connectivity index (χ1) is 14.0. The summed E-state index contributed by atoms with van der Waals surface area (Å²) in [6, 6.07) is 14.0. The maximum Gasteiger partial charge on any atom is 0.138 e. The molecule has 4 aliphatic rings. The first-order valence-corrected chi connectivity index (χ1v) is 11.1. The molecule has 0 atom stereocenters. The molecular formula is C21H21Br2N5O. The van der Waals surface area contributed by atoms with E-state index in [1.54, 1.807) is 12.3 Å². The summed E-state index contributed by atoms with van der Waals surface area (Å²) in [6.45, 7) is 6.08. The van der Waals surface area contributed by atoms with Crippen LogP contribution in [0.4, 0.5) is 0 Å². The van der Waals surface area contributed by atoms with Crippen molar-refractivity contribution in [1.29, 1.82) is 0 Å². The molecule has 4 saturated heterocycles. The molecule has 0 saturated carbocycles. The quantitative estimate of drug-likeness (QED) is 0.497. The van der Waals surface area contributed by atoms with Crippen LogP contribution in [0.1, 0.15) is 11.1 Å². The molecule has 0 unspecified atom stereocenters. The van der Waals surface area contributed by atoms with Crippen LogP contribution in [0.25, 0.3) is 0 Å². The Bertz CT molecular complexity index is 957. The second-order valence-corrected chi connectivity index (χ2v) is 9.85. The zero-order chi connectivity index (χ0) is 20.0. The Kier molecular flexibility index (Phi) is 5.08. The summed E-state index contributed by atoms with van der Waals surface area (Å²) >= 11 is 6.83. The van der Waals surface area contributed by atoms with E-state index in [2.05, 4.69) is 63.8 Å². The van der Waals surface area contributed by atoms with Crippen molar-refractivity contribution in [2.75, 3.05) is 39.6 Å². The van der Waals surface area contributed by atoms with Crippen LogP contribution < -0.4 is 0 Å². The Morgan fingerprint density at radius 2 is 1.59 bits per heavy atom. The van der Waals surface area contributed by atoms with Crippen LogP contribution in [-0.4, -0.2) is 71.4 Å². The van der Waals surface area contributed by atoms with E-state index in [9.17, 15) is 5.11 Å². The fourth-order valence-corrected chi connectivity index (χ4v) is 6.10. The van der Waals surface area contributed by atoms with E-state index in [0.717, 1.165) is 55.4 Å². The average molecular weight is 519 g/mol. The fourth-order valence-electron chi connectivity index (χ4n) is 4.84. The highest BCUT2D eigenvalue weighted by molar-refractivity contribution is 9.11. The third kappa shape index (κ3) is 3.68. The maximum atomic E-state index is 10.3. The largest absolute Gasteiger partial charge is 0.506 e. The molecule has 2 aromatic rings. The topological polar surface area (TPSA) is 54.7 Å². The van der Waals surface area contributed by atoms with E-state index in [4.69, 9.17) is 5.10 Å². The molecule has 4 aliphatic heterocycles. The van der Waals surface area contributed by atoms with E-state index >= 15 is 0 Å². The van der Waals surface area contributed by atoms with E-state index in [0.29, 0.717) is 10.0 Å². The zero-order valence-corrected chi connectivity index (χ0v) is 19.0. The van der Waals surface area contributed by atoms with Gasteiger partial charge in [-0.25, -0.2) is 0 Å². The summed E-state index contributed by atoms with van der Waals surface area (Å²) in [5.41, 5.74) is 2.67. The summed E-state index contributed by atoms with van der Waals surface area (Å²) in [7, 11) is 0. The van der Waals surface area contributed by atoms with Gasteiger partial charge in [-0.05, 0) is 33.6 Å². The van der Waals surface area contributed by atoms with Gasteiger partial charge in [0.25, 0.3) is 0 Å². The lowest BCUT2D eigenvalue weighted by Gasteiger charge is -2.60. The molecule has 4 heterocycles. The molecular weight excluding hydrogens is 498 g/mol. The average Bonchev–Trinajstić information content (AvgIpc) is 2.68. The number of rotatable bonds is 4. The molecule has 0 radical (unpaired) electrons. The molecule has 2 aromatic carbocycles. The minimum Gasteiger partial charge on any atom is -0.506 e. The van der Waals surface area contributed by atoms with Crippen LogP contribution in [-0.2, 0) is 0 Å². The van der Waals surface area contributed by atoms with E-state index < -0.39 is 0 Å². The summed E-state index contributed by atoms with van der Waals surface area (Å²) in [5, 5.41) is 19.5. The highest BCUT2D eigenvalue weighted by Gasteiger charge is 2.51. The number of phenolic OH excluding ortho intramolecular Hbond substituents is 1. The lowest BCUT2D eigenvalue weighted by molar-refractivity contribution is -0.149. The number of aromatic hydroxyl groups is 1. The molecule has 0 amide bonds. The molecule has 6 nitrogen and oxygen atoms in total. The summed E-state index contributed by atoms with van der Waals surface area (Å²) in [4.78, 5) is 7.45. The van der Waals surface area contributed by atoms with Gasteiger partial charge in [-0.1, -0.05) is 46.3 Å². The smallest absolute Gasteiger partial charge is 0.138 e. The minimum absolute atomic E-state index is 0.0622. The molecule has 4 fully saturated rings. The SMILES string of the molecule is Oc1c(Br)cc(Br)cc1/C=N/N=C(/c1ccccc1)C12CN3CN(CN(C3)C1)C2. The van der Waals surface area contributed by atoms with Crippen LogP contribution in [0.15, 0.2) is 61.6 Å². The molecule has 29 heavy (non-hydrogen) atoms. The predicted octanol–water partition coefficient (Wildman–Crippen LogP) is 3.55. The van der Waals surface area contributed by atoms with Crippen molar-refractivity contribution >= 4 is 43.8 Å². The Morgan fingerprint density at radius 3 is 2.21 bits per heavy atom. The van der Waals surface area contributed by atoms with Gasteiger partial charge in [0.15, 0.2) is 0 Å². The fraction of sp³-hybridized carbons (Fsp3) is 0.333. The molecule has 6 rings (SSSR count). The van der Waals surface area contributed by atoms with Gasteiger partial charge in [-0.3, -0.25) is 14.7 Å². The van der Waals surface area contributed by atoms with Gasteiger partial charge in [0.1, 0.15) is 5.75 Å². The third-order valence-corrected chi connectivity index (χ3v) is 6.80. The standard InChI is InChI=1S/C21H21Br2N5O/c22-17-6-16(19(29)18(23)7-17)8-24-25-20(15-4-2-1-3-5-15)21-9-26-12-27(10-21)14-28(11-21)13-26/h1-8,29H,9-14H2/b24-8+,25-20-. The summed E-state index contributed by atoms with van der Waals surface area (Å²) in [5.74, 6) is 0.159. The first-order valence-electron chi connectivity index (χ1n) is 9.54. The number of halogens is 2. The molecule has 8 heteroatoms. The minimum atomic E-state index is -0.0622. The molecule has 1 N–H and O–H groups in total. The van der Waals surface area contributed by atoms with E-state index in [1.807, 2.05) is 24.3 Å². The van der Waals surface area contributed by atoms with E-state index in [-0.39, 0.29) is 11.2 Å². The van der Waals surface area contributed by atoms with Gasteiger partial charge in [0.05, 0.1) is 41.8 Å². The number of hydrogen-bond acceptors (Lipinski definition) is 6. The number of nitrogens with zero attached hydrogens (tertiary/aromatic N) is 5. The van der Waals surface area contributed by atoms with Crippen molar-refractivity contribution in [3.63, 3.8) is 0 Å². The predicted molar refractivity (Wildman–Crippen MR) is 121 cm³/mol. The lowest BCUT2D eigenvalue weighted by Crippen LogP contribution is -2.74. The molecule has 0 spiro atoms. The van der Waals surface area contributed by atoms with Crippen molar-refractivity contribution in [2.45, 2.75) is 0 Å². The van der Waals surface area contributed by atoms with Gasteiger partial charge in [0.2, 0.25) is 0 Å². The van der Waals surface area contributed by atoms with Crippen molar-refractivity contribution in [3.8, 4) is 5.75 Å². The number of hydrogen-bond donors (Lipinski definition) is 1. The monoisotopic (exact) mass is 517 g/mol. The Hall–Kier alpha value is -1.58. The Labute approximate surface area is 186 Å². The van der Waals surface area contributed by atoms with Crippen LogP contribution in [0.2, 0.25) is 0 Å². The van der Waals surface area contributed by atoms with Crippen LogP contribution in [0.3, 0.4) is 0 Å². The molecule has 150 valence electrons. The maximum absolute atomic E-state index is 10.3. The second kappa shape index (κ2) is 7.59. The van der Waals surface area contributed by atoms with Gasteiger partial charge in [0, 0.05) is 29.7 Å². The van der Waals surface area contributed by atoms with Crippen LogP contribution >= 0.6 is 31.9 Å². The normalized spacial score (nSPS) is 31.0. The van der Waals surface area contributed by atoms with Gasteiger partial charge >= 0.3 is 0 Å². The molecule has 4 bridgehead atoms. The first kappa shape index (κ1) is 19.4. The summed E-state index contributed by atoms with van der Waals surface area (Å²) < 4.78 is 1.49. The van der Waals surface area contributed by atoms with Crippen molar-refractivity contribution < 1.29 is 5.11 Å². The van der Waals surface area contributed by atoms with Crippen LogP contribution in [0.5, 0.6) is 5.75 Å². The Balaban J connectivity index is 1.54.